The molecule has 0 N–H and O–H groups in total. The summed E-state index contributed by atoms with van der Waals surface area (Å²) in [6.07, 6.45) is 1.41. The van der Waals surface area contributed by atoms with Gasteiger partial charge < -0.3 is 14.2 Å². The number of benzene rings is 1. The first kappa shape index (κ1) is 15.5. The van der Waals surface area contributed by atoms with E-state index in [0.717, 1.165) is 18.7 Å². The summed E-state index contributed by atoms with van der Waals surface area (Å²) in [5, 5.41) is 4.04. The molecule has 0 saturated carbocycles. The van der Waals surface area contributed by atoms with Crippen molar-refractivity contribution in [2.24, 2.45) is 0 Å². The average molecular weight is 315 g/mol. The van der Waals surface area contributed by atoms with Gasteiger partial charge in [0.15, 0.2) is 12.4 Å². The van der Waals surface area contributed by atoms with E-state index in [-0.39, 0.29) is 18.4 Å². The molecule has 1 aromatic heterocycles. The fourth-order valence-electron chi connectivity index (χ4n) is 2.69. The lowest BCUT2D eigenvalue weighted by atomic mass is 10.1. The molecule has 6 nitrogen and oxygen atoms in total. The molecule has 1 fully saturated rings. The van der Waals surface area contributed by atoms with E-state index in [2.05, 4.69) is 10.1 Å². The molecule has 0 aliphatic carbocycles. The van der Waals surface area contributed by atoms with Gasteiger partial charge in [-0.2, -0.15) is 4.98 Å². The Kier molecular flexibility index (Phi) is 4.60. The lowest BCUT2D eigenvalue weighted by Gasteiger charge is -2.14. The van der Waals surface area contributed by atoms with Crippen LogP contribution in [0.1, 0.15) is 43.0 Å². The summed E-state index contributed by atoms with van der Waals surface area (Å²) >= 11 is 0. The van der Waals surface area contributed by atoms with Crippen molar-refractivity contribution in [2.75, 3.05) is 13.1 Å². The normalized spacial score (nSPS) is 17.5. The number of aromatic nitrogens is 2. The molecular formula is C17H21N3O3. The predicted octanol–water partition coefficient (Wildman–Crippen LogP) is 2.68. The second-order valence-electron chi connectivity index (χ2n) is 5.83. The van der Waals surface area contributed by atoms with Crippen LogP contribution in [0.5, 0.6) is 5.75 Å². The predicted molar refractivity (Wildman–Crippen MR) is 84.0 cm³/mol. The highest BCUT2D eigenvalue weighted by molar-refractivity contribution is 5.76. The summed E-state index contributed by atoms with van der Waals surface area (Å²) in [6, 6.07) is 7.81. The van der Waals surface area contributed by atoms with Gasteiger partial charge in [0.1, 0.15) is 5.75 Å². The number of nitrogens with zero attached hydrogens (tertiary/aromatic N) is 3. The molecule has 2 aromatic rings. The largest absolute Gasteiger partial charge is 0.484 e. The Hall–Kier alpha value is -2.37. The number of amides is 1. The molecule has 1 aromatic carbocycles. The SMILES string of the molecule is CCC(=O)N1CCC(c2noc(COc3ccc(C)cc3)n2)C1. The van der Waals surface area contributed by atoms with Gasteiger partial charge in [0.2, 0.25) is 5.91 Å². The smallest absolute Gasteiger partial charge is 0.264 e. The molecule has 2 heterocycles. The second-order valence-corrected chi connectivity index (χ2v) is 5.83. The van der Waals surface area contributed by atoms with Crippen LogP contribution in [0.3, 0.4) is 0 Å². The zero-order valence-corrected chi connectivity index (χ0v) is 13.5. The minimum absolute atomic E-state index is 0.155. The van der Waals surface area contributed by atoms with Gasteiger partial charge in [-0.05, 0) is 25.5 Å². The Labute approximate surface area is 135 Å². The van der Waals surface area contributed by atoms with E-state index in [1.54, 1.807) is 0 Å². The van der Waals surface area contributed by atoms with Crippen LogP contribution in [0.15, 0.2) is 28.8 Å². The molecule has 1 saturated heterocycles. The Morgan fingerprint density at radius 1 is 1.39 bits per heavy atom. The first-order valence-electron chi connectivity index (χ1n) is 7.95. The molecule has 122 valence electrons. The molecule has 1 aliphatic rings. The fraction of sp³-hybridized carbons (Fsp3) is 0.471. The van der Waals surface area contributed by atoms with E-state index in [1.807, 2.05) is 43.0 Å². The molecular weight excluding hydrogens is 294 g/mol. The number of likely N-dealkylation sites (tertiary alicyclic amines) is 1. The summed E-state index contributed by atoms with van der Waals surface area (Å²) in [6.45, 7) is 5.60. The molecule has 1 atom stereocenters. The zero-order valence-electron chi connectivity index (χ0n) is 13.5. The fourth-order valence-corrected chi connectivity index (χ4v) is 2.69. The zero-order chi connectivity index (χ0) is 16.2. The van der Waals surface area contributed by atoms with E-state index >= 15 is 0 Å². The molecule has 0 radical (unpaired) electrons. The number of hydrogen-bond acceptors (Lipinski definition) is 5. The number of carbonyl (C=O) groups is 1. The molecule has 3 rings (SSSR count). The highest BCUT2D eigenvalue weighted by atomic mass is 16.5. The van der Waals surface area contributed by atoms with Crippen molar-refractivity contribution in [3.05, 3.63) is 41.5 Å². The third-order valence-corrected chi connectivity index (χ3v) is 4.08. The third-order valence-electron chi connectivity index (χ3n) is 4.08. The first-order chi connectivity index (χ1) is 11.2. The van der Waals surface area contributed by atoms with Crippen molar-refractivity contribution in [2.45, 2.75) is 39.2 Å². The van der Waals surface area contributed by atoms with E-state index in [4.69, 9.17) is 9.26 Å². The summed E-state index contributed by atoms with van der Waals surface area (Å²) in [7, 11) is 0. The van der Waals surface area contributed by atoms with Gasteiger partial charge in [0.05, 0.1) is 0 Å². The van der Waals surface area contributed by atoms with Gasteiger partial charge in [-0.1, -0.05) is 29.8 Å². The lowest BCUT2D eigenvalue weighted by Crippen LogP contribution is -2.27. The van der Waals surface area contributed by atoms with Crippen molar-refractivity contribution in [1.82, 2.24) is 15.0 Å². The number of rotatable bonds is 5. The van der Waals surface area contributed by atoms with Crippen LogP contribution in [-0.2, 0) is 11.4 Å². The maximum atomic E-state index is 11.7. The maximum absolute atomic E-state index is 11.7. The minimum atomic E-state index is 0.155. The van der Waals surface area contributed by atoms with Crippen LogP contribution in [0, 0.1) is 6.92 Å². The van der Waals surface area contributed by atoms with Crippen LogP contribution < -0.4 is 4.74 Å². The molecule has 1 aliphatic heterocycles. The Balaban J connectivity index is 1.56. The molecule has 0 bridgehead atoms. The van der Waals surface area contributed by atoms with E-state index < -0.39 is 0 Å². The summed E-state index contributed by atoms with van der Waals surface area (Å²) in [5.41, 5.74) is 1.19. The molecule has 23 heavy (non-hydrogen) atoms. The topological polar surface area (TPSA) is 68.5 Å². The van der Waals surface area contributed by atoms with Crippen LogP contribution >= 0.6 is 0 Å². The number of aryl methyl sites for hydroxylation is 1. The monoisotopic (exact) mass is 315 g/mol. The van der Waals surface area contributed by atoms with E-state index in [9.17, 15) is 4.79 Å². The van der Waals surface area contributed by atoms with Gasteiger partial charge in [-0.25, -0.2) is 0 Å². The second kappa shape index (κ2) is 6.81. The highest BCUT2D eigenvalue weighted by Gasteiger charge is 2.29. The molecule has 1 unspecified atom stereocenters. The van der Waals surface area contributed by atoms with E-state index in [1.165, 1.54) is 5.56 Å². The standard InChI is InChI=1S/C17H21N3O3/c1-3-16(21)20-9-8-13(10-20)17-18-15(23-19-17)11-22-14-6-4-12(2)5-7-14/h4-7,13H,3,8-11H2,1-2H3. The molecule has 0 spiro atoms. The summed E-state index contributed by atoms with van der Waals surface area (Å²) in [4.78, 5) is 18.0. The van der Waals surface area contributed by atoms with Crippen molar-refractivity contribution in [1.29, 1.82) is 0 Å². The van der Waals surface area contributed by atoms with Gasteiger partial charge >= 0.3 is 0 Å². The van der Waals surface area contributed by atoms with Crippen LogP contribution in [0.4, 0.5) is 0 Å². The number of carbonyl (C=O) groups excluding carboxylic acids is 1. The molecule has 6 heteroatoms. The van der Waals surface area contributed by atoms with Crippen molar-refractivity contribution >= 4 is 5.91 Å². The van der Waals surface area contributed by atoms with Crippen LogP contribution in [0.25, 0.3) is 0 Å². The van der Waals surface area contributed by atoms with Gasteiger partial charge in [0, 0.05) is 25.4 Å². The highest BCUT2D eigenvalue weighted by Crippen LogP contribution is 2.25. The van der Waals surface area contributed by atoms with Crippen LogP contribution in [-0.4, -0.2) is 34.0 Å². The Bertz CT molecular complexity index is 666. The first-order valence-corrected chi connectivity index (χ1v) is 7.95. The number of hydrogen-bond donors (Lipinski definition) is 0. The molecule has 1 amide bonds. The van der Waals surface area contributed by atoms with Gasteiger partial charge in [-0.3, -0.25) is 4.79 Å². The lowest BCUT2D eigenvalue weighted by molar-refractivity contribution is -0.129. The number of ether oxygens (including phenoxy) is 1. The summed E-state index contributed by atoms with van der Waals surface area (Å²) < 4.78 is 10.9. The van der Waals surface area contributed by atoms with Crippen molar-refractivity contribution < 1.29 is 14.1 Å². The van der Waals surface area contributed by atoms with Crippen molar-refractivity contribution in [3.63, 3.8) is 0 Å². The van der Waals surface area contributed by atoms with Gasteiger partial charge in [0.25, 0.3) is 5.89 Å². The van der Waals surface area contributed by atoms with Crippen molar-refractivity contribution in [3.8, 4) is 5.75 Å². The Morgan fingerprint density at radius 3 is 2.91 bits per heavy atom. The van der Waals surface area contributed by atoms with E-state index in [0.29, 0.717) is 24.7 Å². The quantitative estimate of drug-likeness (QED) is 0.848. The summed E-state index contributed by atoms with van der Waals surface area (Å²) in [5.74, 6) is 2.23. The third kappa shape index (κ3) is 3.70. The maximum Gasteiger partial charge on any atom is 0.264 e. The van der Waals surface area contributed by atoms with Gasteiger partial charge in [-0.15, -0.1) is 0 Å². The van der Waals surface area contributed by atoms with Crippen LogP contribution in [0.2, 0.25) is 0 Å². The minimum Gasteiger partial charge on any atom is -0.484 e. The average Bonchev–Trinajstić information content (AvgIpc) is 3.22. The Morgan fingerprint density at radius 2 is 2.17 bits per heavy atom.